The standard InChI is InChI=1S/C23H26N4O2/c24-23(29)16-8-10-21(27-12-4-1-5-13-27)20(14-16)26-22(28)11-9-17-15-25-19-7-3-2-6-18(17)19/h2-3,6-8,10,14-15,25H,1,4-5,9,11-13H2,(H2,24,29)(H,26,28). The monoisotopic (exact) mass is 390 g/mol. The Morgan fingerprint density at radius 2 is 1.86 bits per heavy atom. The molecule has 150 valence electrons. The van der Waals surface area contributed by atoms with Crippen molar-refractivity contribution in [3.05, 3.63) is 59.8 Å². The molecule has 6 nitrogen and oxygen atoms in total. The van der Waals surface area contributed by atoms with E-state index < -0.39 is 5.91 Å². The van der Waals surface area contributed by atoms with Gasteiger partial charge in [0.15, 0.2) is 0 Å². The molecule has 4 rings (SSSR count). The van der Waals surface area contributed by atoms with Gasteiger partial charge < -0.3 is 20.9 Å². The number of benzene rings is 2. The molecule has 0 bridgehead atoms. The highest BCUT2D eigenvalue weighted by molar-refractivity contribution is 5.99. The molecule has 0 radical (unpaired) electrons. The minimum atomic E-state index is -0.496. The lowest BCUT2D eigenvalue weighted by Crippen LogP contribution is -2.30. The number of piperidine rings is 1. The summed E-state index contributed by atoms with van der Waals surface area (Å²) in [5.41, 5.74) is 9.66. The molecule has 0 spiro atoms. The molecule has 1 fully saturated rings. The predicted octanol–water partition coefficient (Wildman–Crippen LogP) is 3.83. The van der Waals surface area contributed by atoms with Crippen molar-refractivity contribution in [2.24, 2.45) is 5.73 Å². The average molecular weight is 390 g/mol. The van der Waals surface area contributed by atoms with Crippen LogP contribution in [0.15, 0.2) is 48.7 Å². The van der Waals surface area contributed by atoms with Crippen LogP contribution in [0.3, 0.4) is 0 Å². The van der Waals surface area contributed by atoms with E-state index in [1.54, 1.807) is 12.1 Å². The van der Waals surface area contributed by atoms with E-state index in [2.05, 4.69) is 21.3 Å². The molecule has 3 aromatic rings. The van der Waals surface area contributed by atoms with E-state index in [0.717, 1.165) is 48.1 Å². The summed E-state index contributed by atoms with van der Waals surface area (Å²) in [5.74, 6) is -0.570. The number of nitrogens with zero attached hydrogens (tertiary/aromatic N) is 1. The van der Waals surface area contributed by atoms with Crippen LogP contribution in [-0.2, 0) is 11.2 Å². The number of hydrogen-bond donors (Lipinski definition) is 3. The van der Waals surface area contributed by atoms with Gasteiger partial charge in [0, 0.05) is 42.2 Å². The number of nitrogens with one attached hydrogen (secondary N) is 2. The van der Waals surface area contributed by atoms with E-state index in [0.29, 0.717) is 24.1 Å². The SMILES string of the molecule is NC(=O)c1ccc(N2CCCCC2)c(NC(=O)CCc2c[nH]c3ccccc23)c1. The number of hydrogen-bond acceptors (Lipinski definition) is 3. The van der Waals surface area contributed by atoms with Crippen LogP contribution in [0.25, 0.3) is 10.9 Å². The molecule has 2 amide bonds. The number of nitrogens with two attached hydrogens (primary N) is 1. The number of fused-ring (bicyclic) bond motifs is 1. The Hall–Kier alpha value is -3.28. The summed E-state index contributed by atoms with van der Waals surface area (Å²) >= 11 is 0. The molecular weight excluding hydrogens is 364 g/mol. The van der Waals surface area contributed by atoms with Gasteiger partial charge in [-0.25, -0.2) is 0 Å². The smallest absolute Gasteiger partial charge is 0.248 e. The normalized spacial score (nSPS) is 14.1. The van der Waals surface area contributed by atoms with Crippen LogP contribution in [0.2, 0.25) is 0 Å². The van der Waals surface area contributed by atoms with Crippen LogP contribution >= 0.6 is 0 Å². The molecule has 1 aromatic heterocycles. The third-order valence-corrected chi connectivity index (χ3v) is 5.55. The van der Waals surface area contributed by atoms with Crippen molar-refractivity contribution in [3.63, 3.8) is 0 Å². The number of aromatic nitrogens is 1. The van der Waals surface area contributed by atoms with Gasteiger partial charge in [0.05, 0.1) is 11.4 Å². The van der Waals surface area contributed by atoms with Crippen molar-refractivity contribution in [1.82, 2.24) is 4.98 Å². The van der Waals surface area contributed by atoms with Crippen LogP contribution in [-0.4, -0.2) is 29.9 Å². The first-order chi connectivity index (χ1) is 14.1. The molecule has 2 aromatic carbocycles. The first-order valence-corrected chi connectivity index (χ1v) is 10.2. The third kappa shape index (κ3) is 4.26. The van der Waals surface area contributed by atoms with E-state index in [1.165, 1.54) is 6.42 Å². The number of aromatic amines is 1. The summed E-state index contributed by atoms with van der Waals surface area (Å²) in [7, 11) is 0. The molecule has 0 atom stereocenters. The number of aryl methyl sites for hydroxylation is 1. The highest BCUT2D eigenvalue weighted by Gasteiger charge is 2.17. The molecule has 0 aliphatic carbocycles. The van der Waals surface area contributed by atoms with Crippen LogP contribution in [0.5, 0.6) is 0 Å². The van der Waals surface area contributed by atoms with Gasteiger partial charge in [-0.3, -0.25) is 9.59 Å². The summed E-state index contributed by atoms with van der Waals surface area (Å²) in [4.78, 5) is 29.8. The Bertz CT molecular complexity index is 1030. The fourth-order valence-corrected chi connectivity index (χ4v) is 4.00. The molecule has 4 N–H and O–H groups in total. The number of H-pyrrole nitrogens is 1. The fourth-order valence-electron chi connectivity index (χ4n) is 4.00. The van der Waals surface area contributed by atoms with Crippen molar-refractivity contribution in [3.8, 4) is 0 Å². The number of primary amides is 1. The highest BCUT2D eigenvalue weighted by Crippen LogP contribution is 2.30. The minimum Gasteiger partial charge on any atom is -0.370 e. The van der Waals surface area contributed by atoms with E-state index in [4.69, 9.17) is 5.73 Å². The Morgan fingerprint density at radius 1 is 1.07 bits per heavy atom. The summed E-state index contributed by atoms with van der Waals surface area (Å²) in [6.45, 7) is 1.91. The second kappa shape index (κ2) is 8.39. The lowest BCUT2D eigenvalue weighted by atomic mass is 10.1. The molecule has 2 heterocycles. The molecule has 1 aliphatic rings. The number of anilines is 2. The Kier molecular flexibility index (Phi) is 5.51. The fraction of sp³-hybridized carbons (Fsp3) is 0.304. The molecule has 6 heteroatoms. The first-order valence-electron chi connectivity index (χ1n) is 10.2. The number of para-hydroxylation sites is 1. The quantitative estimate of drug-likeness (QED) is 0.597. The molecule has 1 saturated heterocycles. The van der Waals surface area contributed by atoms with Gasteiger partial charge in [-0.05, 0) is 55.5 Å². The summed E-state index contributed by atoms with van der Waals surface area (Å²) in [6.07, 6.45) is 6.45. The molecule has 29 heavy (non-hydrogen) atoms. The summed E-state index contributed by atoms with van der Waals surface area (Å²) in [5, 5.41) is 4.16. The van der Waals surface area contributed by atoms with Crippen LogP contribution in [0.1, 0.15) is 41.6 Å². The average Bonchev–Trinajstić information content (AvgIpc) is 3.16. The van der Waals surface area contributed by atoms with E-state index >= 15 is 0 Å². The van der Waals surface area contributed by atoms with Gasteiger partial charge in [0.1, 0.15) is 0 Å². The lowest BCUT2D eigenvalue weighted by Gasteiger charge is -2.30. The maximum absolute atomic E-state index is 12.7. The topological polar surface area (TPSA) is 91.2 Å². The second-order valence-corrected chi connectivity index (χ2v) is 7.55. The van der Waals surface area contributed by atoms with Crippen molar-refractivity contribution in [2.45, 2.75) is 32.1 Å². The highest BCUT2D eigenvalue weighted by atomic mass is 16.2. The Balaban J connectivity index is 1.50. The molecule has 0 saturated carbocycles. The largest absolute Gasteiger partial charge is 0.370 e. The first kappa shape index (κ1) is 19.1. The van der Waals surface area contributed by atoms with Gasteiger partial charge in [-0.2, -0.15) is 0 Å². The maximum Gasteiger partial charge on any atom is 0.248 e. The molecular formula is C23H26N4O2. The van der Waals surface area contributed by atoms with Gasteiger partial charge in [-0.15, -0.1) is 0 Å². The predicted molar refractivity (Wildman–Crippen MR) is 116 cm³/mol. The number of amides is 2. The summed E-state index contributed by atoms with van der Waals surface area (Å²) in [6, 6.07) is 13.4. The van der Waals surface area contributed by atoms with Gasteiger partial charge in [0.2, 0.25) is 11.8 Å². The van der Waals surface area contributed by atoms with Gasteiger partial charge in [-0.1, -0.05) is 18.2 Å². The molecule has 1 aliphatic heterocycles. The maximum atomic E-state index is 12.7. The second-order valence-electron chi connectivity index (χ2n) is 7.55. The van der Waals surface area contributed by atoms with Gasteiger partial charge >= 0.3 is 0 Å². The Morgan fingerprint density at radius 3 is 2.66 bits per heavy atom. The zero-order chi connectivity index (χ0) is 20.2. The number of carbonyl (C=O) groups excluding carboxylic acids is 2. The Labute approximate surface area is 170 Å². The summed E-state index contributed by atoms with van der Waals surface area (Å²) < 4.78 is 0. The van der Waals surface area contributed by atoms with Crippen molar-refractivity contribution >= 4 is 34.1 Å². The number of carbonyl (C=O) groups is 2. The number of rotatable bonds is 6. The van der Waals surface area contributed by atoms with E-state index in [-0.39, 0.29) is 5.91 Å². The van der Waals surface area contributed by atoms with Crippen LogP contribution in [0.4, 0.5) is 11.4 Å². The van der Waals surface area contributed by atoms with Crippen molar-refractivity contribution in [2.75, 3.05) is 23.3 Å². The van der Waals surface area contributed by atoms with E-state index in [9.17, 15) is 9.59 Å². The van der Waals surface area contributed by atoms with Crippen molar-refractivity contribution < 1.29 is 9.59 Å². The van der Waals surface area contributed by atoms with Crippen LogP contribution < -0.4 is 16.0 Å². The van der Waals surface area contributed by atoms with Crippen molar-refractivity contribution in [1.29, 1.82) is 0 Å². The lowest BCUT2D eigenvalue weighted by molar-refractivity contribution is -0.116. The van der Waals surface area contributed by atoms with Gasteiger partial charge in [0.25, 0.3) is 0 Å². The third-order valence-electron chi connectivity index (χ3n) is 5.55. The molecule has 0 unspecified atom stereocenters. The zero-order valence-electron chi connectivity index (χ0n) is 16.4. The van der Waals surface area contributed by atoms with Crippen LogP contribution in [0, 0.1) is 0 Å². The zero-order valence-corrected chi connectivity index (χ0v) is 16.4. The van der Waals surface area contributed by atoms with E-state index in [1.807, 2.05) is 30.5 Å². The minimum absolute atomic E-state index is 0.0739.